The Balaban J connectivity index is 1.94. The lowest BCUT2D eigenvalue weighted by molar-refractivity contribution is 0.0743. The Morgan fingerprint density at radius 2 is 1.96 bits per heavy atom. The van der Waals surface area contributed by atoms with Crippen LogP contribution in [0, 0.1) is 0 Å². The highest BCUT2D eigenvalue weighted by molar-refractivity contribution is 6.04. The maximum Gasteiger partial charge on any atom is 0.256 e. The van der Waals surface area contributed by atoms with Crippen molar-refractivity contribution in [2.75, 3.05) is 14.2 Å². The molecule has 0 bridgehead atoms. The van der Waals surface area contributed by atoms with Gasteiger partial charge in [0.15, 0.2) is 0 Å². The number of nitrogens with one attached hydrogen (secondary N) is 1. The molecule has 0 aliphatic carbocycles. The molecule has 0 saturated heterocycles. The normalized spacial score (nSPS) is 12.1. The molecule has 23 heavy (non-hydrogen) atoms. The monoisotopic (exact) mass is 310 g/mol. The molecule has 2 aromatic carbocycles. The van der Waals surface area contributed by atoms with Gasteiger partial charge in [0.1, 0.15) is 16.8 Å². The lowest BCUT2D eigenvalue weighted by Gasteiger charge is -2.26. The van der Waals surface area contributed by atoms with Gasteiger partial charge in [-0.2, -0.15) is 15.4 Å². The number of nitrogens with zero attached hydrogens (tertiary/aromatic N) is 3. The van der Waals surface area contributed by atoms with E-state index in [1.807, 2.05) is 37.3 Å². The summed E-state index contributed by atoms with van der Waals surface area (Å²) in [7, 11) is 3.40. The number of H-pyrrole nitrogens is 1. The second-order valence-corrected chi connectivity index (χ2v) is 5.33. The summed E-state index contributed by atoms with van der Waals surface area (Å²) in [4.78, 5) is 14.6. The van der Waals surface area contributed by atoms with E-state index >= 15 is 0 Å². The van der Waals surface area contributed by atoms with Gasteiger partial charge in [0.2, 0.25) is 0 Å². The highest BCUT2D eigenvalue weighted by atomic mass is 16.5. The van der Waals surface area contributed by atoms with Crippen LogP contribution in [0.15, 0.2) is 42.5 Å². The van der Waals surface area contributed by atoms with Crippen LogP contribution in [0.25, 0.3) is 11.0 Å². The molecule has 3 aromatic rings. The molecule has 1 amide bonds. The Hall–Kier alpha value is -2.89. The molecule has 0 spiro atoms. The fourth-order valence-corrected chi connectivity index (χ4v) is 2.63. The third kappa shape index (κ3) is 2.63. The predicted molar refractivity (Wildman–Crippen MR) is 87.4 cm³/mol. The van der Waals surface area contributed by atoms with Gasteiger partial charge < -0.3 is 9.64 Å². The summed E-state index contributed by atoms with van der Waals surface area (Å²) in [5.74, 6) is 0.655. The number of hydrogen-bond donors (Lipinski definition) is 1. The smallest absolute Gasteiger partial charge is 0.256 e. The second kappa shape index (κ2) is 6.08. The first kappa shape index (κ1) is 15.0. The van der Waals surface area contributed by atoms with Gasteiger partial charge in [0, 0.05) is 12.6 Å². The van der Waals surface area contributed by atoms with Crippen molar-refractivity contribution in [3.63, 3.8) is 0 Å². The van der Waals surface area contributed by atoms with Crippen molar-refractivity contribution in [2.45, 2.75) is 13.0 Å². The number of aromatic nitrogens is 3. The van der Waals surface area contributed by atoms with Crippen molar-refractivity contribution < 1.29 is 9.53 Å². The average molecular weight is 310 g/mol. The van der Waals surface area contributed by atoms with Gasteiger partial charge in [-0.3, -0.25) is 4.79 Å². The van der Waals surface area contributed by atoms with Crippen molar-refractivity contribution >= 4 is 16.9 Å². The molecule has 1 heterocycles. The zero-order valence-corrected chi connectivity index (χ0v) is 13.3. The zero-order chi connectivity index (χ0) is 16.4. The van der Waals surface area contributed by atoms with Crippen LogP contribution in [0.2, 0.25) is 0 Å². The molecule has 1 unspecified atom stereocenters. The SMILES string of the molecule is COc1ccccc1C(C)N(C)C(=O)c1cccc2n[nH]nc12. The minimum Gasteiger partial charge on any atom is -0.496 e. The van der Waals surface area contributed by atoms with Gasteiger partial charge in [0.25, 0.3) is 5.91 Å². The lowest BCUT2D eigenvalue weighted by Crippen LogP contribution is -2.30. The largest absolute Gasteiger partial charge is 0.496 e. The number of fused-ring (bicyclic) bond motifs is 1. The molecule has 0 saturated carbocycles. The fraction of sp³-hybridized carbons (Fsp3) is 0.235. The topological polar surface area (TPSA) is 71.1 Å². The molecule has 118 valence electrons. The van der Waals surface area contributed by atoms with E-state index in [9.17, 15) is 4.79 Å². The summed E-state index contributed by atoms with van der Waals surface area (Å²) in [6, 6.07) is 12.9. The molecule has 0 aliphatic heterocycles. The van der Waals surface area contributed by atoms with Gasteiger partial charge in [0.05, 0.1) is 18.7 Å². The summed E-state index contributed by atoms with van der Waals surface area (Å²) in [6.45, 7) is 1.97. The van der Waals surface area contributed by atoms with Crippen molar-refractivity contribution in [1.29, 1.82) is 0 Å². The number of benzene rings is 2. The lowest BCUT2D eigenvalue weighted by atomic mass is 10.0. The van der Waals surface area contributed by atoms with E-state index in [4.69, 9.17) is 4.74 Å². The number of para-hydroxylation sites is 2. The van der Waals surface area contributed by atoms with Crippen molar-refractivity contribution in [3.8, 4) is 5.75 Å². The van der Waals surface area contributed by atoms with Crippen LogP contribution in [0.4, 0.5) is 0 Å². The van der Waals surface area contributed by atoms with E-state index in [2.05, 4.69) is 15.4 Å². The van der Waals surface area contributed by atoms with Crippen LogP contribution >= 0.6 is 0 Å². The number of hydrogen-bond acceptors (Lipinski definition) is 4. The molecule has 1 aromatic heterocycles. The van der Waals surface area contributed by atoms with Crippen LogP contribution in [0.5, 0.6) is 5.75 Å². The van der Waals surface area contributed by atoms with Crippen LogP contribution in [-0.4, -0.2) is 40.4 Å². The predicted octanol–water partition coefficient (Wildman–Crippen LogP) is 2.80. The van der Waals surface area contributed by atoms with E-state index in [1.165, 1.54) is 0 Å². The standard InChI is InChI=1S/C17H18N4O2/c1-11(12-7-4-5-10-15(12)23-3)21(2)17(22)13-8-6-9-14-16(13)19-20-18-14/h4-11H,1-3H3,(H,18,19,20). The Bertz CT molecular complexity index is 843. The van der Waals surface area contributed by atoms with Crippen LogP contribution in [-0.2, 0) is 0 Å². The Morgan fingerprint density at radius 3 is 2.74 bits per heavy atom. The van der Waals surface area contributed by atoms with E-state index in [1.54, 1.807) is 31.2 Å². The molecule has 6 heteroatoms. The second-order valence-electron chi connectivity index (χ2n) is 5.33. The summed E-state index contributed by atoms with van der Waals surface area (Å²) in [5, 5.41) is 10.7. The number of aromatic amines is 1. The first-order valence-electron chi connectivity index (χ1n) is 7.33. The minimum absolute atomic E-state index is 0.108. The van der Waals surface area contributed by atoms with Crippen molar-refractivity contribution in [3.05, 3.63) is 53.6 Å². The molecule has 0 aliphatic rings. The summed E-state index contributed by atoms with van der Waals surface area (Å²) in [5.41, 5.74) is 2.74. The minimum atomic E-state index is -0.138. The van der Waals surface area contributed by atoms with E-state index in [0.29, 0.717) is 16.6 Å². The summed E-state index contributed by atoms with van der Waals surface area (Å²) in [6.07, 6.45) is 0. The molecule has 1 atom stereocenters. The average Bonchev–Trinajstić information content (AvgIpc) is 3.08. The molecule has 0 radical (unpaired) electrons. The van der Waals surface area contributed by atoms with Gasteiger partial charge in [-0.25, -0.2) is 0 Å². The number of carbonyl (C=O) groups excluding carboxylic acids is 1. The van der Waals surface area contributed by atoms with Gasteiger partial charge in [-0.05, 0) is 25.1 Å². The van der Waals surface area contributed by atoms with Crippen LogP contribution in [0.1, 0.15) is 28.9 Å². The first-order chi connectivity index (χ1) is 11.1. The quantitative estimate of drug-likeness (QED) is 0.804. The maximum absolute atomic E-state index is 12.9. The number of ether oxygens (including phenoxy) is 1. The number of amides is 1. The molecule has 1 N–H and O–H groups in total. The number of methoxy groups -OCH3 is 1. The Labute approximate surface area is 134 Å². The third-order valence-electron chi connectivity index (χ3n) is 4.07. The molecule has 6 nitrogen and oxygen atoms in total. The summed E-state index contributed by atoms with van der Waals surface area (Å²) >= 11 is 0. The number of carbonyl (C=O) groups is 1. The Morgan fingerprint density at radius 1 is 1.17 bits per heavy atom. The summed E-state index contributed by atoms with van der Waals surface area (Å²) < 4.78 is 5.39. The highest BCUT2D eigenvalue weighted by Gasteiger charge is 2.23. The third-order valence-corrected chi connectivity index (χ3v) is 4.07. The van der Waals surface area contributed by atoms with E-state index in [0.717, 1.165) is 11.3 Å². The van der Waals surface area contributed by atoms with Crippen LogP contribution in [0.3, 0.4) is 0 Å². The highest BCUT2D eigenvalue weighted by Crippen LogP contribution is 2.29. The molecule has 0 fully saturated rings. The fourth-order valence-electron chi connectivity index (χ4n) is 2.63. The molecular formula is C17H18N4O2. The van der Waals surface area contributed by atoms with Crippen molar-refractivity contribution in [2.24, 2.45) is 0 Å². The van der Waals surface area contributed by atoms with Gasteiger partial charge in [-0.1, -0.05) is 24.3 Å². The maximum atomic E-state index is 12.9. The zero-order valence-electron chi connectivity index (χ0n) is 13.3. The van der Waals surface area contributed by atoms with Gasteiger partial charge in [-0.15, -0.1) is 0 Å². The molecule has 3 rings (SSSR count). The first-order valence-corrected chi connectivity index (χ1v) is 7.33. The van der Waals surface area contributed by atoms with Gasteiger partial charge >= 0.3 is 0 Å². The van der Waals surface area contributed by atoms with Crippen LogP contribution < -0.4 is 4.74 Å². The Kier molecular flexibility index (Phi) is 3.97. The van der Waals surface area contributed by atoms with Crippen molar-refractivity contribution in [1.82, 2.24) is 20.3 Å². The van der Waals surface area contributed by atoms with E-state index < -0.39 is 0 Å². The molecular weight excluding hydrogens is 292 g/mol. The number of rotatable bonds is 4. The van der Waals surface area contributed by atoms with E-state index in [-0.39, 0.29) is 11.9 Å².